The molecule has 0 aliphatic carbocycles. The molecule has 0 spiro atoms. The van der Waals surface area contributed by atoms with Crippen LogP contribution in [0, 0.1) is 0 Å². The maximum Gasteiger partial charge on any atom is 0.253 e. The molecule has 0 radical (unpaired) electrons. The van der Waals surface area contributed by atoms with Gasteiger partial charge in [-0.2, -0.15) is 0 Å². The molecule has 0 aromatic carbocycles. The Morgan fingerprint density at radius 2 is 2.21 bits per heavy atom. The number of sulfonamides is 1. The van der Waals surface area contributed by atoms with Gasteiger partial charge in [-0.25, -0.2) is 8.42 Å². The van der Waals surface area contributed by atoms with E-state index in [9.17, 15) is 13.2 Å². The molecule has 82 valence electrons. The number of nitrogens with one attached hydrogen (secondary N) is 2. The Kier molecular flexibility index (Phi) is 3.16. The van der Waals surface area contributed by atoms with Gasteiger partial charge in [-0.15, -0.1) is 0 Å². The monoisotopic (exact) mass is 220 g/mol. The fourth-order valence-corrected chi connectivity index (χ4v) is 2.26. The standard InChI is InChI=1S/C8H16N2O3S/c1-3-8(5-4-6-9-8)7(11)10-14(2,12)13/h9H,3-6H2,1-2H3,(H,10,11). The minimum atomic E-state index is -3.45. The summed E-state index contributed by atoms with van der Waals surface area (Å²) in [5, 5.41) is 3.07. The van der Waals surface area contributed by atoms with Crippen LogP contribution in [0.4, 0.5) is 0 Å². The number of carbonyl (C=O) groups excluding carboxylic acids is 1. The van der Waals surface area contributed by atoms with Crippen LogP contribution in [0.5, 0.6) is 0 Å². The zero-order valence-corrected chi connectivity index (χ0v) is 9.28. The maximum atomic E-state index is 11.7. The van der Waals surface area contributed by atoms with Gasteiger partial charge in [-0.1, -0.05) is 6.92 Å². The number of rotatable bonds is 3. The van der Waals surface area contributed by atoms with Gasteiger partial charge in [0.1, 0.15) is 0 Å². The molecule has 1 aliphatic rings. The zero-order valence-electron chi connectivity index (χ0n) is 8.46. The summed E-state index contributed by atoms with van der Waals surface area (Å²) in [5.41, 5.74) is -0.677. The lowest BCUT2D eigenvalue weighted by atomic mass is 9.94. The average molecular weight is 220 g/mol. The van der Waals surface area contributed by atoms with Crippen molar-refractivity contribution in [3.05, 3.63) is 0 Å². The molecular weight excluding hydrogens is 204 g/mol. The lowest BCUT2D eigenvalue weighted by molar-refractivity contribution is -0.125. The molecule has 1 saturated heterocycles. The van der Waals surface area contributed by atoms with Crippen LogP contribution in [0.2, 0.25) is 0 Å². The van der Waals surface area contributed by atoms with E-state index in [1.54, 1.807) is 0 Å². The number of hydrogen-bond donors (Lipinski definition) is 2. The van der Waals surface area contributed by atoms with Crippen molar-refractivity contribution in [1.82, 2.24) is 10.0 Å². The van der Waals surface area contributed by atoms with Gasteiger partial charge in [-0.05, 0) is 25.8 Å². The van der Waals surface area contributed by atoms with Gasteiger partial charge < -0.3 is 5.32 Å². The van der Waals surface area contributed by atoms with Gasteiger partial charge in [0.25, 0.3) is 5.91 Å². The Morgan fingerprint density at radius 1 is 1.57 bits per heavy atom. The summed E-state index contributed by atoms with van der Waals surface area (Å²) in [7, 11) is -3.45. The number of amides is 1. The third-order valence-corrected chi connectivity index (χ3v) is 3.12. The minimum Gasteiger partial charge on any atom is -0.303 e. The molecule has 0 aromatic heterocycles. The first-order valence-corrected chi connectivity index (χ1v) is 6.56. The molecular formula is C8H16N2O3S. The summed E-state index contributed by atoms with van der Waals surface area (Å²) < 4.78 is 23.8. The number of hydrogen-bond acceptors (Lipinski definition) is 4. The van der Waals surface area contributed by atoms with Crippen LogP contribution in [0.25, 0.3) is 0 Å². The van der Waals surface area contributed by atoms with Gasteiger partial charge in [0.05, 0.1) is 11.8 Å². The topological polar surface area (TPSA) is 75.3 Å². The fourth-order valence-electron chi connectivity index (χ4n) is 1.73. The van der Waals surface area contributed by atoms with Crippen molar-refractivity contribution in [3.8, 4) is 0 Å². The van der Waals surface area contributed by atoms with Crippen molar-refractivity contribution in [3.63, 3.8) is 0 Å². The highest BCUT2D eigenvalue weighted by atomic mass is 32.2. The molecule has 0 aromatic rings. The van der Waals surface area contributed by atoms with Crippen LogP contribution in [-0.2, 0) is 14.8 Å². The Hall–Kier alpha value is -0.620. The molecule has 1 unspecified atom stereocenters. The van der Waals surface area contributed by atoms with Crippen LogP contribution >= 0.6 is 0 Å². The number of carbonyl (C=O) groups is 1. The fraction of sp³-hybridized carbons (Fsp3) is 0.875. The Balaban J connectivity index is 2.76. The first kappa shape index (κ1) is 11.5. The second kappa shape index (κ2) is 3.86. The molecule has 1 rings (SSSR count). The second-order valence-electron chi connectivity index (χ2n) is 3.67. The van der Waals surface area contributed by atoms with Crippen LogP contribution in [0.3, 0.4) is 0 Å². The van der Waals surface area contributed by atoms with Crippen LogP contribution in [0.1, 0.15) is 26.2 Å². The molecule has 1 heterocycles. The van der Waals surface area contributed by atoms with Crippen molar-refractivity contribution in [2.24, 2.45) is 0 Å². The molecule has 2 N–H and O–H groups in total. The summed E-state index contributed by atoms with van der Waals surface area (Å²) in [6.45, 7) is 2.64. The van der Waals surface area contributed by atoms with Gasteiger partial charge >= 0.3 is 0 Å². The molecule has 0 bridgehead atoms. The lowest BCUT2D eigenvalue weighted by Gasteiger charge is -2.25. The van der Waals surface area contributed by atoms with Crippen molar-refractivity contribution < 1.29 is 13.2 Å². The van der Waals surface area contributed by atoms with Gasteiger partial charge in [-0.3, -0.25) is 9.52 Å². The molecule has 0 saturated carbocycles. The predicted molar refractivity (Wildman–Crippen MR) is 53.2 cm³/mol. The van der Waals surface area contributed by atoms with Gasteiger partial charge in [0, 0.05) is 0 Å². The van der Waals surface area contributed by atoms with E-state index in [0.717, 1.165) is 19.2 Å². The van der Waals surface area contributed by atoms with E-state index in [-0.39, 0.29) is 0 Å². The smallest absolute Gasteiger partial charge is 0.253 e. The summed E-state index contributed by atoms with van der Waals surface area (Å²) in [6.07, 6.45) is 3.20. The average Bonchev–Trinajstić information content (AvgIpc) is 2.49. The van der Waals surface area contributed by atoms with Crippen LogP contribution < -0.4 is 10.0 Å². The van der Waals surface area contributed by atoms with Crippen LogP contribution in [0.15, 0.2) is 0 Å². The molecule has 5 nitrogen and oxygen atoms in total. The molecule has 6 heteroatoms. The summed E-state index contributed by atoms with van der Waals surface area (Å²) in [6, 6.07) is 0. The van der Waals surface area contributed by atoms with Crippen molar-refractivity contribution in [1.29, 1.82) is 0 Å². The van der Waals surface area contributed by atoms with E-state index in [2.05, 4.69) is 5.32 Å². The van der Waals surface area contributed by atoms with Crippen LogP contribution in [-0.4, -0.2) is 32.7 Å². The zero-order chi connectivity index (χ0) is 10.8. The van der Waals surface area contributed by atoms with Crippen molar-refractivity contribution >= 4 is 15.9 Å². The Bertz CT molecular complexity index is 317. The quantitative estimate of drug-likeness (QED) is 0.678. The first-order chi connectivity index (χ1) is 6.40. The maximum absolute atomic E-state index is 11.7. The Morgan fingerprint density at radius 3 is 2.57 bits per heavy atom. The highest BCUT2D eigenvalue weighted by Gasteiger charge is 2.40. The van der Waals surface area contributed by atoms with E-state index in [1.807, 2.05) is 11.6 Å². The molecule has 1 fully saturated rings. The van der Waals surface area contributed by atoms with Gasteiger partial charge in [0.15, 0.2) is 0 Å². The highest BCUT2D eigenvalue weighted by Crippen LogP contribution is 2.23. The summed E-state index contributed by atoms with van der Waals surface area (Å²) >= 11 is 0. The normalized spacial score (nSPS) is 27.6. The van der Waals surface area contributed by atoms with Crippen molar-refractivity contribution in [2.45, 2.75) is 31.7 Å². The molecule has 1 atom stereocenters. The first-order valence-electron chi connectivity index (χ1n) is 4.67. The second-order valence-corrected chi connectivity index (χ2v) is 5.42. The molecule has 1 amide bonds. The van der Waals surface area contributed by atoms with E-state index in [4.69, 9.17) is 0 Å². The summed E-state index contributed by atoms with van der Waals surface area (Å²) in [5.74, 6) is -0.431. The largest absolute Gasteiger partial charge is 0.303 e. The third kappa shape index (κ3) is 2.45. The molecule has 14 heavy (non-hydrogen) atoms. The van der Waals surface area contributed by atoms with E-state index in [0.29, 0.717) is 12.8 Å². The minimum absolute atomic E-state index is 0.431. The highest BCUT2D eigenvalue weighted by molar-refractivity contribution is 7.89. The van der Waals surface area contributed by atoms with E-state index in [1.165, 1.54) is 0 Å². The van der Waals surface area contributed by atoms with Gasteiger partial charge in [0.2, 0.25) is 10.0 Å². The molecule has 1 aliphatic heterocycles. The lowest BCUT2D eigenvalue weighted by Crippen LogP contribution is -2.54. The SMILES string of the molecule is CCC1(C(=O)NS(C)(=O)=O)CCCN1. The van der Waals surface area contributed by atoms with Crippen molar-refractivity contribution in [2.75, 3.05) is 12.8 Å². The predicted octanol–water partition coefficient (Wildman–Crippen LogP) is -0.406. The van der Waals surface area contributed by atoms with E-state index >= 15 is 0 Å². The summed E-state index contributed by atoms with van der Waals surface area (Å²) in [4.78, 5) is 11.7. The Labute approximate surface area is 84.3 Å². The third-order valence-electron chi connectivity index (χ3n) is 2.56. The van der Waals surface area contributed by atoms with E-state index < -0.39 is 21.5 Å².